The van der Waals surface area contributed by atoms with E-state index in [1.807, 2.05) is 18.0 Å². The number of ketones is 1. The van der Waals surface area contributed by atoms with Gasteiger partial charge >= 0.3 is 0 Å². The van der Waals surface area contributed by atoms with E-state index >= 15 is 0 Å². The van der Waals surface area contributed by atoms with Crippen LogP contribution in [0.2, 0.25) is 0 Å². The molecule has 0 saturated carbocycles. The first-order chi connectivity index (χ1) is 22.8. The van der Waals surface area contributed by atoms with E-state index in [0.29, 0.717) is 31.2 Å². The van der Waals surface area contributed by atoms with Crippen molar-refractivity contribution in [1.82, 2.24) is 4.90 Å². The first-order valence-corrected chi connectivity index (χ1v) is 18.9. The Morgan fingerprint density at radius 3 is 2.48 bits per heavy atom. The predicted molar refractivity (Wildman–Crippen MR) is 196 cm³/mol. The first-order valence-electron chi connectivity index (χ1n) is 18.9. The Kier molecular flexibility index (Phi) is 8.54. The number of carbonyl (C=O) groups is 2. The third-order valence-electron chi connectivity index (χ3n) is 12.9. The quantitative estimate of drug-likeness (QED) is 0.328. The van der Waals surface area contributed by atoms with Crippen LogP contribution in [0.5, 0.6) is 0 Å². The minimum Gasteiger partial charge on any atom is -0.371 e. The Labute approximate surface area is 289 Å². The number of hydrogen-bond donors (Lipinski definition) is 1. The molecule has 0 spiro atoms. The number of nitrogens with one attached hydrogen (secondary N) is 1. The molecule has 1 N–H and O–H groups in total. The van der Waals surface area contributed by atoms with E-state index in [1.54, 1.807) is 28.6 Å². The van der Waals surface area contributed by atoms with E-state index in [4.69, 9.17) is 0 Å². The summed E-state index contributed by atoms with van der Waals surface area (Å²) in [6.45, 7) is 20.4. The molecule has 3 heterocycles. The van der Waals surface area contributed by atoms with Crippen molar-refractivity contribution in [2.45, 2.75) is 110 Å². The van der Waals surface area contributed by atoms with Crippen LogP contribution < -0.4 is 9.80 Å². The van der Waals surface area contributed by atoms with Gasteiger partial charge in [-0.3, -0.25) is 4.79 Å². The molecule has 1 fully saturated rings. The van der Waals surface area contributed by atoms with Gasteiger partial charge in [0.25, 0.3) is 5.91 Å². The van der Waals surface area contributed by atoms with Crippen molar-refractivity contribution in [3.63, 3.8) is 0 Å². The molecular formula is C43H58N3O2+. The number of likely N-dealkylation sites (tertiary alicyclic amines) is 1. The number of fused-ring (bicyclic) bond motifs is 4. The van der Waals surface area contributed by atoms with Crippen LogP contribution in [0.1, 0.15) is 125 Å². The summed E-state index contributed by atoms with van der Waals surface area (Å²) in [4.78, 5) is 32.2. The number of Topliss-reactive ketones (excluding diaryl/α,β-unsaturated/α-hetero) is 1. The number of amides is 1. The second kappa shape index (κ2) is 12.3. The summed E-state index contributed by atoms with van der Waals surface area (Å²) in [7, 11) is 1.90. The number of nitrogens with zero attached hydrogens (tertiary/aromatic N) is 2. The Hall–Kier alpha value is -3.18. The summed E-state index contributed by atoms with van der Waals surface area (Å²) in [6.07, 6.45) is 12.5. The highest BCUT2D eigenvalue weighted by Crippen LogP contribution is 2.59. The highest BCUT2D eigenvalue weighted by atomic mass is 16.2. The number of aryl methyl sites for hydroxylation is 1. The SMILES string of the molecule is CC[NH+]1C2=CC3C(=CC2C(C)CC1(C)C)C(c1ccccc1C(=O)N(C)CCCC(C)=O)c1cc2c4c(c1C3(C)C)CCCN4CCC2. The number of allylic oxidation sites excluding steroid dienone is 3. The van der Waals surface area contributed by atoms with Gasteiger partial charge in [0.1, 0.15) is 11.5 Å². The lowest BCUT2D eigenvalue weighted by molar-refractivity contribution is -0.920. The molecule has 5 nitrogen and oxygen atoms in total. The van der Waals surface area contributed by atoms with Crippen LogP contribution >= 0.6 is 0 Å². The van der Waals surface area contributed by atoms with Crippen molar-refractivity contribution >= 4 is 17.4 Å². The van der Waals surface area contributed by atoms with Crippen molar-refractivity contribution in [2.24, 2.45) is 17.8 Å². The average Bonchev–Trinajstić information content (AvgIpc) is 3.04. The predicted octanol–water partition coefficient (Wildman–Crippen LogP) is 7.03. The Balaban J connectivity index is 1.45. The molecule has 5 atom stereocenters. The summed E-state index contributed by atoms with van der Waals surface area (Å²) in [5.41, 5.74) is 12.8. The Morgan fingerprint density at radius 2 is 1.75 bits per heavy atom. The second-order valence-electron chi connectivity index (χ2n) is 17.0. The van der Waals surface area contributed by atoms with Crippen LogP contribution in [0.15, 0.2) is 53.8 Å². The fourth-order valence-electron chi connectivity index (χ4n) is 11.0. The lowest BCUT2D eigenvalue weighted by Gasteiger charge is -2.53. The van der Waals surface area contributed by atoms with Crippen LogP contribution in [0.4, 0.5) is 5.69 Å². The normalized spacial score (nSPS) is 27.8. The molecule has 7 rings (SSSR count). The van der Waals surface area contributed by atoms with Gasteiger partial charge in [-0.1, -0.05) is 56.7 Å². The van der Waals surface area contributed by atoms with Crippen LogP contribution in [-0.4, -0.2) is 55.4 Å². The maximum atomic E-state index is 14.3. The van der Waals surface area contributed by atoms with Crippen LogP contribution in [-0.2, 0) is 23.1 Å². The Morgan fingerprint density at radius 1 is 1.02 bits per heavy atom. The van der Waals surface area contributed by atoms with Gasteiger partial charge in [0.2, 0.25) is 0 Å². The van der Waals surface area contributed by atoms with Crippen LogP contribution in [0.3, 0.4) is 0 Å². The molecule has 48 heavy (non-hydrogen) atoms. The maximum Gasteiger partial charge on any atom is 0.253 e. The van der Waals surface area contributed by atoms with Crippen molar-refractivity contribution in [3.8, 4) is 0 Å². The van der Waals surface area contributed by atoms with Crippen molar-refractivity contribution < 1.29 is 14.5 Å². The molecule has 1 amide bonds. The monoisotopic (exact) mass is 648 g/mol. The van der Waals surface area contributed by atoms with Gasteiger partial charge in [0.05, 0.1) is 18.0 Å². The van der Waals surface area contributed by atoms with Gasteiger partial charge in [0, 0.05) is 68.0 Å². The number of hydrogen-bond acceptors (Lipinski definition) is 3. The number of quaternary nitrogens is 1. The molecule has 5 aliphatic rings. The van der Waals surface area contributed by atoms with Crippen LogP contribution in [0.25, 0.3) is 0 Å². The van der Waals surface area contributed by atoms with Gasteiger partial charge in [0.15, 0.2) is 0 Å². The van der Waals surface area contributed by atoms with Gasteiger partial charge < -0.3 is 19.5 Å². The number of benzene rings is 2. The molecule has 0 radical (unpaired) electrons. The molecule has 2 aliphatic carbocycles. The number of carbonyl (C=O) groups excluding carboxylic acids is 2. The van der Waals surface area contributed by atoms with Gasteiger partial charge in [-0.2, -0.15) is 0 Å². The third-order valence-corrected chi connectivity index (χ3v) is 12.9. The molecule has 256 valence electrons. The van der Waals surface area contributed by atoms with Crippen LogP contribution in [0, 0.1) is 17.8 Å². The molecular weight excluding hydrogens is 590 g/mol. The molecule has 1 saturated heterocycles. The smallest absolute Gasteiger partial charge is 0.253 e. The lowest BCUT2D eigenvalue weighted by Crippen LogP contribution is -3.19. The summed E-state index contributed by atoms with van der Waals surface area (Å²) in [5, 5.41) is 0. The van der Waals surface area contributed by atoms with Gasteiger partial charge in [-0.25, -0.2) is 0 Å². The van der Waals surface area contributed by atoms with Crippen molar-refractivity contribution in [1.29, 1.82) is 0 Å². The lowest BCUT2D eigenvalue weighted by atomic mass is 9.54. The number of rotatable bonds is 7. The highest BCUT2D eigenvalue weighted by Gasteiger charge is 2.53. The van der Waals surface area contributed by atoms with E-state index in [1.165, 1.54) is 41.6 Å². The van der Waals surface area contributed by atoms with E-state index in [-0.39, 0.29) is 34.5 Å². The topological polar surface area (TPSA) is 45.1 Å². The largest absolute Gasteiger partial charge is 0.371 e. The maximum absolute atomic E-state index is 14.3. The highest BCUT2D eigenvalue weighted by molar-refractivity contribution is 5.96. The summed E-state index contributed by atoms with van der Waals surface area (Å²) >= 11 is 0. The minimum absolute atomic E-state index is 0.0349. The molecule has 2 aromatic carbocycles. The van der Waals surface area contributed by atoms with E-state index in [9.17, 15) is 9.59 Å². The zero-order valence-corrected chi connectivity index (χ0v) is 30.8. The van der Waals surface area contributed by atoms with Crippen molar-refractivity contribution in [3.05, 3.63) is 87.1 Å². The van der Waals surface area contributed by atoms with Gasteiger partial charge in [-0.05, 0) is 106 Å². The fourth-order valence-corrected chi connectivity index (χ4v) is 11.0. The molecule has 2 aromatic rings. The zero-order valence-electron chi connectivity index (χ0n) is 30.8. The molecule has 5 unspecified atom stereocenters. The van der Waals surface area contributed by atoms with Crippen molar-refractivity contribution in [2.75, 3.05) is 38.1 Å². The molecule has 5 heteroatoms. The van der Waals surface area contributed by atoms with Gasteiger partial charge in [-0.15, -0.1) is 0 Å². The zero-order chi connectivity index (χ0) is 34.1. The molecule has 0 aromatic heterocycles. The summed E-state index contributed by atoms with van der Waals surface area (Å²) in [6, 6.07) is 11.1. The molecule has 3 aliphatic heterocycles. The minimum atomic E-state index is -0.0768. The second-order valence-corrected chi connectivity index (χ2v) is 17.0. The number of anilines is 1. The standard InChI is InChI=1S/C43H57N3O2/c1-9-46-37-25-36-34(24-33(37)27(2)26-42(46,4)5)38(30-17-10-11-18-31(30)41(48)44(8)20-12-15-28(3)47)35-23-29-16-13-21-45-22-14-19-32(40(29)45)39(35)43(36,6)7/h10-11,17-18,23-25,27,33,36,38H,9,12-16,19-22,26H2,1-8H3/p+1. The summed E-state index contributed by atoms with van der Waals surface area (Å²) in [5.74, 6) is 1.49. The fraction of sp³-hybridized carbons (Fsp3) is 0.581. The number of piperidine rings is 1. The van der Waals surface area contributed by atoms with E-state index < -0.39 is 0 Å². The average molecular weight is 649 g/mol. The first kappa shape index (κ1) is 33.3. The molecule has 0 bridgehead atoms. The van der Waals surface area contributed by atoms with E-state index in [2.05, 4.69) is 82.9 Å². The van der Waals surface area contributed by atoms with E-state index in [0.717, 1.165) is 43.6 Å². The Bertz CT molecular complexity index is 1690. The third kappa shape index (κ3) is 5.30. The summed E-state index contributed by atoms with van der Waals surface area (Å²) < 4.78 is 0.